The third-order valence-corrected chi connectivity index (χ3v) is 4.32. The van der Waals surface area contributed by atoms with Crippen LogP contribution >= 0.6 is 0 Å². The van der Waals surface area contributed by atoms with Crippen molar-refractivity contribution in [1.29, 1.82) is 0 Å². The number of anilines is 1. The summed E-state index contributed by atoms with van der Waals surface area (Å²) in [7, 11) is 0. The van der Waals surface area contributed by atoms with Gasteiger partial charge in [-0.05, 0) is 51.1 Å². The van der Waals surface area contributed by atoms with E-state index in [2.05, 4.69) is 5.32 Å². The maximum Gasteiger partial charge on any atom is 0.417 e. The maximum absolute atomic E-state index is 12.4. The Morgan fingerprint density at radius 2 is 1.81 bits per heavy atom. The molecule has 2 aromatic carbocycles. The van der Waals surface area contributed by atoms with E-state index in [1.807, 2.05) is 42.7 Å². The molecule has 0 saturated heterocycles. The van der Waals surface area contributed by atoms with E-state index >= 15 is 0 Å². The first-order valence-corrected chi connectivity index (χ1v) is 8.89. The lowest BCUT2D eigenvalue weighted by atomic mass is 10.1. The number of nitrogens with zero attached hydrogens (tertiary/aromatic N) is 1. The first-order chi connectivity index (χ1) is 13.0. The molecular formula is C21H22N2O4. The molecule has 0 aliphatic heterocycles. The van der Waals surface area contributed by atoms with Crippen LogP contribution in [0.1, 0.15) is 29.9 Å². The number of benzene rings is 2. The van der Waals surface area contributed by atoms with Crippen LogP contribution in [-0.4, -0.2) is 23.2 Å². The minimum absolute atomic E-state index is 0.298. The molecule has 0 spiro atoms. The standard InChI is InChI=1S/C21H22N2O4/c1-4-23-14(3)19(20(24)26-5-2)17-13-16(11-12-18(17)23)27-21(25)22-15-9-7-6-8-10-15/h6-13H,4-5H2,1-3H3,(H,22,25). The highest BCUT2D eigenvalue weighted by Crippen LogP contribution is 2.30. The Balaban J connectivity index is 1.92. The minimum atomic E-state index is -0.593. The van der Waals surface area contributed by atoms with Crippen molar-refractivity contribution in [3.63, 3.8) is 0 Å². The SMILES string of the molecule is CCOC(=O)c1c(C)n(CC)c2ccc(OC(=O)Nc3ccccc3)cc12. The van der Waals surface area contributed by atoms with Crippen molar-refractivity contribution in [3.05, 3.63) is 59.8 Å². The zero-order chi connectivity index (χ0) is 19.4. The molecule has 6 heteroatoms. The monoisotopic (exact) mass is 366 g/mol. The summed E-state index contributed by atoms with van der Waals surface area (Å²) in [6, 6.07) is 14.3. The summed E-state index contributed by atoms with van der Waals surface area (Å²) in [5.74, 6) is -0.0205. The van der Waals surface area contributed by atoms with Gasteiger partial charge in [0.05, 0.1) is 12.2 Å². The van der Waals surface area contributed by atoms with E-state index < -0.39 is 6.09 Å². The molecular weight excluding hydrogens is 344 g/mol. The first-order valence-electron chi connectivity index (χ1n) is 8.89. The van der Waals surface area contributed by atoms with Gasteiger partial charge in [0.25, 0.3) is 0 Å². The van der Waals surface area contributed by atoms with E-state index in [9.17, 15) is 9.59 Å². The molecule has 0 radical (unpaired) electrons. The molecule has 3 rings (SSSR count). The quantitative estimate of drug-likeness (QED) is 0.661. The molecule has 1 aromatic heterocycles. The number of amides is 1. The highest BCUT2D eigenvalue weighted by molar-refractivity contribution is 6.06. The van der Waals surface area contributed by atoms with Crippen molar-refractivity contribution >= 4 is 28.7 Å². The molecule has 0 fully saturated rings. The van der Waals surface area contributed by atoms with E-state index in [1.54, 1.807) is 31.2 Å². The predicted molar refractivity (Wildman–Crippen MR) is 104 cm³/mol. The molecule has 0 atom stereocenters. The molecule has 27 heavy (non-hydrogen) atoms. The number of carbonyl (C=O) groups is 2. The van der Waals surface area contributed by atoms with Crippen molar-refractivity contribution in [2.75, 3.05) is 11.9 Å². The van der Waals surface area contributed by atoms with Gasteiger partial charge in [-0.2, -0.15) is 0 Å². The Hall–Kier alpha value is -3.28. The second-order valence-electron chi connectivity index (χ2n) is 5.98. The first kappa shape index (κ1) is 18.5. The van der Waals surface area contributed by atoms with Gasteiger partial charge in [0, 0.05) is 28.8 Å². The van der Waals surface area contributed by atoms with E-state index in [1.165, 1.54) is 0 Å². The Bertz CT molecular complexity index is 977. The summed E-state index contributed by atoms with van der Waals surface area (Å²) in [5.41, 5.74) is 2.87. The van der Waals surface area contributed by atoms with Crippen LogP contribution in [-0.2, 0) is 11.3 Å². The number of aromatic nitrogens is 1. The normalized spacial score (nSPS) is 10.6. The van der Waals surface area contributed by atoms with Crippen LogP contribution < -0.4 is 10.1 Å². The number of aryl methyl sites for hydroxylation is 1. The smallest absolute Gasteiger partial charge is 0.417 e. The van der Waals surface area contributed by atoms with Crippen molar-refractivity contribution in [2.45, 2.75) is 27.3 Å². The second kappa shape index (κ2) is 7.95. The Kier molecular flexibility index (Phi) is 5.45. The van der Waals surface area contributed by atoms with Crippen LogP contribution in [0.2, 0.25) is 0 Å². The van der Waals surface area contributed by atoms with Crippen molar-refractivity contribution in [2.24, 2.45) is 0 Å². The molecule has 0 unspecified atom stereocenters. The van der Waals surface area contributed by atoms with Crippen LogP contribution in [0.25, 0.3) is 10.9 Å². The highest BCUT2D eigenvalue weighted by atomic mass is 16.6. The molecule has 0 bridgehead atoms. The van der Waals surface area contributed by atoms with E-state index in [-0.39, 0.29) is 5.97 Å². The highest BCUT2D eigenvalue weighted by Gasteiger charge is 2.21. The predicted octanol–water partition coefficient (Wildman–Crippen LogP) is 4.76. The zero-order valence-corrected chi connectivity index (χ0v) is 15.6. The van der Waals surface area contributed by atoms with E-state index in [0.717, 1.165) is 17.8 Å². The van der Waals surface area contributed by atoms with Gasteiger partial charge in [-0.15, -0.1) is 0 Å². The molecule has 6 nitrogen and oxygen atoms in total. The number of nitrogens with one attached hydrogen (secondary N) is 1. The number of fused-ring (bicyclic) bond motifs is 1. The van der Waals surface area contributed by atoms with Gasteiger partial charge < -0.3 is 14.0 Å². The fraction of sp³-hybridized carbons (Fsp3) is 0.238. The van der Waals surface area contributed by atoms with Crippen LogP contribution in [0.15, 0.2) is 48.5 Å². The molecule has 3 aromatic rings. The number of ether oxygens (including phenoxy) is 2. The van der Waals surface area contributed by atoms with Crippen LogP contribution in [0.5, 0.6) is 5.75 Å². The lowest BCUT2D eigenvalue weighted by Crippen LogP contribution is -2.16. The summed E-state index contributed by atoms with van der Waals surface area (Å²) in [5, 5.41) is 3.37. The molecule has 0 aliphatic carbocycles. The van der Waals surface area contributed by atoms with Gasteiger partial charge in [0.1, 0.15) is 5.75 Å². The maximum atomic E-state index is 12.4. The fourth-order valence-electron chi connectivity index (χ4n) is 3.17. The summed E-state index contributed by atoms with van der Waals surface area (Å²) in [4.78, 5) is 24.6. The number of esters is 1. The number of para-hydroxylation sites is 1. The van der Waals surface area contributed by atoms with Crippen LogP contribution in [0.3, 0.4) is 0 Å². The van der Waals surface area contributed by atoms with Crippen molar-refractivity contribution in [3.8, 4) is 5.75 Å². The number of rotatable bonds is 5. The Morgan fingerprint density at radius 1 is 1.07 bits per heavy atom. The van der Waals surface area contributed by atoms with Crippen LogP contribution in [0, 0.1) is 6.92 Å². The minimum Gasteiger partial charge on any atom is -0.462 e. The second-order valence-corrected chi connectivity index (χ2v) is 5.98. The number of hydrogen-bond donors (Lipinski definition) is 1. The van der Waals surface area contributed by atoms with Gasteiger partial charge in [-0.25, -0.2) is 9.59 Å². The summed E-state index contributed by atoms with van der Waals surface area (Å²) in [6.07, 6.45) is -0.593. The van der Waals surface area contributed by atoms with E-state index in [0.29, 0.717) is 29.0 Å². The molecule has 0 saturated carbocycles. The summed E-state index contributed by atoms with van der Waals surface area (Å²) >= 11 is 0. The lowest BCUT2D eigenvalue weighted by Gasteiger charge is -2.07. The van der Waals surface area contributed by atoms with Gasteiger partial charge in [-0.3, -0.25) is 5.32 Å². The zero-order valence-electron chi connectivity index (χ0n) is 15.6. The Labute approximate surface area is 157 Å². The van der Waals surface area contributed by atoms with Crippen molar-refractivity contribution in [1.82, 2.24) is 4.57 Å². The topological polar surface area (TPSA) is 69.6 Å². The molecule has 1 heterocycles. The van der Waals surface area contributed by atoms with E-state index in [4.69, 9.17) is 9.47 Å². The molecule has 0 aliphatic rings. The van der Waals surface area contributed by atoms with Gasteiger partial charge >= 0.3 is 12.1 Å². The number of carbonyl (C=O) groups excluding carboxylic acids is 2. The fourth-order valence-corrected chi connectivity index (χ4v) is 3.17. The average Bonchev–Trinajstić information content (AvgIpc) is 2.93. The molecule has 1 amide bonds. The molecule has 1 N–H and O–H groups in total. The summed E-state index contributed by atoms with van der Waals surface area (Å²) in [6.45, 7) is 6.69. The lowest BCUT2D eigenvalue weighted by molar-refractivity contribution is 0.0527. The van der Waals surface area contributed by atoms with Crippen molar-refractivity contribution < 1.29 is 19.1 Å². The largest absolute Gasteiger partial charge is 0.462 e. The number of hydrogen-bond acceptors (Lipinski definition) is 4. The summed E-state index contributed by atoms with van der Waals surface area (Å²) < 4.78 is 12.6. The average molecular weight is 366 g/mol. The molecule has 140 valence electrons. The van der Waals surface area contributed by atoms with Gasteiger partial charge in [-0.1, -0.05) is 18.2 Å². The van der Waals surface area contributed by atoms with Gasteiger partial charge in [0.15, 0.2) is 0 Å². The third-order valence-electron chi connectivity index (χ3n) is 4.32. The van der Waals surface area contributed by atoms with Crippen LogP contribution in [0.4, 0.5) is 10.5 Å². The Morgan fingerprint density at radius 3 is 2.48 bits per heavy atom. The van der Waals surface area contributed by atoms with Gasteiger partial charge in [0.2, 0.25) is 0 Å². The third kappa shape index (κ3) is 3.79.